The average Bonchev–Trinajstić information content (AvgIpc) is 2.93. The minimum absolute atomic E-state index is 0.00979. The number of nitrogen functional groups attached to an aromatic ring is 1. The van der Waals surface area contributed by atoms with Crippen molar-refractivity contribution in [1.29, 1.82) is 0 Å². The Hall–Kier alpha value is -2.90. The number of aliphatic carboxylic acids is 1. The smallest absolute Gasteiger partial charge is 0.459 e. The summed E-state index contributed by atoms with van der Waals surface area (Å²) >= 11 is 0. The number of carboxylic acids is 1. The molecule has 6 atom stereocenters. The maximum absolute atomic E-state index is 15.6. The predicted octanol–water partition coefficient (Wildman–Crippen LogP) is 1.38. The molecule has 186 valence electrons. The van der Waals surface area contributed by atoms with E-state index in [0.29, 0.717) is 4.57 Å². The van der Waals surface area contributed by atoms with Gasteiger partial charge in [-0.2, -0.15) is 10.1 Å². The van der Waals surface area contributed by atoms with E-state index in [1.165, 1.54) is 24.3 Å². The Morgan fingerprint density at radius 1 is 1.38 bits per heavy atom. The summed E-state index contributed by atoms with van der Waals surface area (Å²) in [6, 6.07) is 7.12. The van der Waals surface area contributed by atoms with E-state index in [9.17, 15) is 19.3 Å². The van der Waals surface area contributed by atoms with Crippen molar-refractivity contribution in [1.82, 2.24) is 14.6 Å². The Balaban J connectivity index is 1.86. The Morgan fingerprint density at radius 3 is 2.62 bits per heavy atom. The fraction of sp³-hybridized carbons (Fsp3) is 0.421. The predicted molar refractivity (Wildman–Crippen MR) is 113 cm³/mol. The van der Waals surface area contributed by atoms with Crippen LogP contribution in [0.15, 0.2) is 47.4 Å². The van der Waals surface area contributed by atoms with Gasteiger partial charge in [0.25, 0.3) is 5.85 Å². The van der Waals surface area contributed by atoms with Gasteiger partial charge in [-0.05, 0) is 32.0 Å². The molecule has 3 rings (SSSR count). The summed E-state index contributed by atoms with van der Waals surface area (Å²) in [7, 11) is -4.60. The number of hydrogen-bond donors (Lipinski definition) is 4. The highest BCUT2D eigenvalue weighted by molar-refractivity contribution is 7.52. The zero-order chi connectivity index (χ0) is 25.3. The first-order valence-electron chi connectivity index (χ1n) is 9.85. The highest BCUT2D eigenvalue weighted by Crippen LogP contribution is 2.51. The number of anilines is 1. The van der Waals surface area contributed by atoms with E-state index in [1.54, 1.807) is 6.07 Å². The van der Waals surface area contributed by atoms with Gasteiger partial charge in [0.1, 0.15) is 24.2 Å². The van der Waals surface area contributed by atoms with Crippen molar-refractivity contribution < 1.29 is 42.1 Å². The van der Waals surface area contributed by atoms with Gasteiger partial charge in [0, 0.05) is 6.20 Å². The van der Waals surface area contributed by atoms with Crippen LogP contribution in [0.25, 0.3) is 0 Å². The third kappa shape index (κ3) is 5.26. The number of rotatable bonds is 9. The lowest BCUT2D eigenvalue weighted by molar-refractivity contribution is -0.203. The molecule has 1 aromatic heterocycles. The van der Waals surface area contributed by atoms with Crippen LogP contribution in [0.1, 0.15) is 20.1 Å². The molecular formula is C19H23F2N4O8P. The van der Waals surface area contributed by atoms with Gasteiger partial charge in [-0.3, -0.25) is 13.9 Å². The number of nitrogens with zero attached hydrogens (tertiary/aromatic N) is 2. The van der Waals surface area contributed by atoms with Crippen molar-refractivity contribution in [2.45, 2.75) is 43.7 Å². The first-order chi connectivity index (χ1) is 15.8. The molecule has 1 saturated heterocycles. The molecule has 0 saturated carbocycles. The van der Waals surface area contributed by atoms with E-state index in [-0.39, 0.29) is 11.6 Å². The van der Waals surface area contributed by atoms with Gasteiger partial charge in [0.05, 0.1) is 0 Å². The molecule has 0 radical (unpaired) electrons. The molecule has 15 heteroatoms. The van der Waals surface area contributed by atoms with Crippen molar-refractivity contribution in [3.63, 3.8) is 0 Å². The third-order valence-corrected chi connectivity index (χ3v) is 6.58. The van der Waals surface area contributed by atoms with Crippen LogP contribution in [0.5, 0.6) is 5.75 Å². The van der Waals surface area contributed by atoms with Gasteiger partial charge < -0.3 is 25.2 Å². The van der Waals surface area contributed by atoms with E-state index < -0.39 is 55.9 Å². The normalized spacial score (nSPS) is 29.3. The van der Waals surface area contributed by atoms with Crippen LogP contribution in [-0.4, -0.2) is 56.0 Å². The van der Waals surface area contributed by atoms with E-state index in [0.717, 1.165) is 26.1 Å². The molecule has 34 heavy (non-hydrogen) atoms. The quantitative estimate of drug-likeness (QED) is 0.363. The van der Waals surface area contributed by atoms with Crippen LogP contribution >= 0.6 is 7.75 Å². The second-order valence-corrected chi connectivity index (χ2v) is 9.41. The number of hydrogen-bond acceptors (Lipinski definition) is 9. The van der Waals surface area contributed by atoms with Crippen molar-refractivity contribution >= 4 is 19.5 Å². The number of alkyl halides is 2. The Morgan fingerprint density at radius 2 is 2.03 bits per heavy atom. The Bertz CT molecular complexity index is 1150. The first kappa shape index (κ1) is 25.7. The number of aromatic nitrogens is 2. The molecule has 2 unspecified atom stereocenters. The summed E-state index contributed by atoms with van der Waals surface area (Å²) in [4.78, 5) is 26.7. The van der Waals surface area contributed by atoms with Crippen molar-refractivity contribution in [2.75, 3.05) is 12.3 Å². The molecule has 2 heterocycles. The van der Waals surface area contributed by atoms with Crippen LogP contribution < -0.4 is 21.0 Å². The zero-order valence-electron chi connectivity index (χ0n) is 18.0. The van der Waals surface area contributed by atoms with Crippen molar-refractivity contribution in [3.05, 3.63) is 53.1 Å². The number of ether oxygens (including phenoxy) is 1. The lowest BCUT2D eigenvalue weighted by atomic mass is 9.97. The molecule has 1 aliphatic heterocycles. The highest BCUT2D eigenvalue weighted by Gasteiger charge is 2.65. The van der Waals surface area contributed by atoms with Crippen molar-refractivity contribution in [2.24, 2.45) is 0 Å². The molecule has 1 aliphatic rings. The molecule has 12 nitrogen and oxygen atoms in total. The lowest BCUT2D eigenvalue weighted by Crippen LogP contribution is -2.47. The SMILES string of the molecule is CC(NP(=O)(OC[C@@]1(F)O[C@@H](n2ccc(N)nc2=O)[C@](C)(F)[C@@H]1O)Oc1ccccc1)C(=O)O. The molecular weight excluding hydrogens is 481 g/mol. The number of carboxylic acid groups (broad SMARTS) is 1. The number of aliphatic hydroxyl groups is 1. The van der Waals surface area contributed by atoms with E-state index in [4.69, 9.17) is 24.6 Å². The summed E-state index contributed by atoms with van der Waals surface area (Å²) in [5, 5.41) is 21.6. The van der Waals surface area contributed by atoms with E-state index in [2.05, 4.69) is 10.1 Å². The lowest BCUT2D eigenvalue weighted by Gasteiger charge is -2.27. The van der Waals surface area contributed by atoms with Gasteiger partial charge >= 0.3 is 19.4 Å². The third-order valence-electron chi connectivity index (χ3n) is 4.96. The number of carbonyl (C=O) groups is 1. The molecule has 1 fully saturated rings. The second kappa shape index (κ2) is 9.39. The number of halogens is 2. The highest BCUT2D eigenvalue weighted by atomic mass is 31.2. The maximum Gasteiger partial charge on any atom is 0.459 e. The van der Waals surface area contributed by atoms with Crippen LogP contribution in [-0.2, 0) is 18.6 Å². The first-order valence-corrected chi connectivity index (χ1v) is 11.4. The maximum atomic E-state index is 15.6. The molecule has 0 bridgehead atoms. The van der Waals surface area contributed by atoms with Gasteiger partial charge in [-0.15, -0.1) is 0 Å². The molecule has 0 spiro atoms. The van der Waals surface area contributed by atoms with Crippen LogP contribution in [0.3, 0.4) is 0 Å². The Kier molecular flexibility index (Phi) is 7.10. The van der Waals surface area contributed by atoms with Crippen LogP contribution in [0.2, 0.25) is 0 Å². The molecule has 5 N–H and O–H groups in total. The zero-order valence-corrected chi connectivity index (χ0v) is 18.9. The summed E-state index contributed by atoms with van der Waals surface area (Å²) < 4.78 is 60.0. The van der Waals surface area contributed by atoms with Gasteiger partial charge in [0.15, 0.2) is 18.0 Å². The fourth-order valence-corrected chi connectivity index (χ4v) is 4.65. The molecule has 0 amide bonds. The second-order valence-electron chi connectivity index (χ2n) is 7.72. The van der Waals surface area contributed by atoms with Crippen molar-refractivity contribution in [3.8, 4) is 5.75 Å². The van der Waals surface area contributed by atoms with Gasteiger partial charge in [0.2, 0.25) is 0 Å². The molecule has 0 aliphatic carbocycles. The fourth-order valence-electron chi connectivity index (χ4n) is 3.14. The summed E-state index contributed by atoms with van der Waals surface area (Å²) in [5.41, 5.74) is 1.46. The Labute approximate surface area is 191 Å². The standard InChI is InChI=1S/C19H23F2N4O8P/c1-11(14(26)27)24-34(30,33-12-6-4-3-5-7-12)31-10-19(21)15(28)18(2,20)16(32-19)25-9-8-13(22)23-17(25)29/h3-9,11,15-16,28H,10H2,1-2H3,(H,24,30)(H,26,27)(H2,22,23,29)/t11?,15-,16+,18+,19+,34?/m0/s1. The number of aliphatic hydroxyl groups excluding tert-OH is 1. The minimum atomic E-state index is -4.60. The van der Waals surface area contributed by atoms with Gasteiger partial charge in [-0.1, -0.05) is 18.2 Å². The number of nitrogens with two attached hydrogens (primary N) is 1. The van der Waals surface area contributed by atoms with Crippen LogP contribution in [0, 0.1) is 0 Å². The number of benzene rings is 1. The van der Waals surface area contributed by atoms with Crippen LogP contribution in [0.4, 0.5) is 14.6 Å². The molecule has 1 aromatic carbocycles. The largest absolute Gasteiger partial charge is 0.480 e. The summed E-state index contributed by atoms with van der Waals surface area (Å²) in [6.07, 6.45) is -3.50. The summed E-state index contributed by atoms with van der Waals surface area (Å²) in [6.45, 7) is 0.566. The molecule has 2 aromatic rings. The number of nitrogens with one attached hydrogen (secondary N) is 1. The number of para-hydroxylation sites is 1. The van der Waals surface area contributed by atoms with E-state index >= 15 is 8.78 Å². The topological polar surface area (TPSA) is 175 Å². The van der Waals surface area contributed by atoms with Gasteiger partial charge in [-0.25, -0.2) is 18.1 Å². The average molecular weight is 504 g/mol. The minimum Gasteiger partial charge on any atom is -0.480 e. The van der Waals surface area contributed by atoms with E-state index in [1.807, 2.05) is 0 Å². The monoisotopic (exact) mass is 504 g/mol. The summed E-state index contributed by atoms with van der Waals surface area (Å²) in [5.74, 6) is -4.92.